The molecule has 24 heavy (non-hydrogen) atoms. The molecule has 0 saturated heterocycles. The second kappa shape index (κ2) is 8.95. The summed E-state index contributed by atoms with van der Waals surface area (Å²) in [5.41, 5.74) is 6.60. The zero-order valence-electron chi connectivity index (χ0n) is 14.7. The van der Waals surface area contributed by atoms with Crippen LogP contribution in [0.1, 0.15) is 24.5 Å². The Morgan fingerprint density at radius 1 is 0.833 bits per heavy atom. The highest BCUT2D eigenvalue weighted by Crippen LogP contribution is 2.50. The van der Waals surface area contributed by atoms with E-state index in [1.165, 1.54) is 28.4 Å². The Hall–Kier alpha value is -1.71. The Labute approximate surface area is 142 Å². The van der Waals surface area contributed by atoms with Gasteiger partial charge in [-0.25, -0.2) is 0 Å². The van der Waals surface area contributed by atoms with Crippen LogP contribution in [0, 0.1) is 0 Å². The van der Waals surface area contributed by atoms with Gasteiger partial charge in [-0.3, -0.25) is 4.18 Å². The third-order valence-corrected chi connectivity index (χ3v) is 4.51. The molecule has 138 valence electrons. The van der Waals surface area contributed by atoms with Crippen LogP contribution in [0.3, 0.4) is 0 Å². The molecule has 2 N–H and O–H groups in total. The van der Waals surface area contributed by atoms with Crippen molar-refractivity contribution >= 4 is 10.1 Å². The molecule has 1 aromatic rings. The highest BCUT2D eigenvalue weighted by molar-refractivity contribution is 7.85. The van der Waals surface area contributed by atoms with E-state index in [-0.39, 0.29) is 30.4 Å². The Bertz CT molecular complexity index is 625. The molecule has 0 aliphatic heterocycles. The summed E-state index contributed by atoms with van der Waals surface area (Å²) >= 11 is 0. The molecule has 0 bridgehead atoms. The molecule has 0 unspecified atom stereocenters. The number of rotatable bonds is 10. The molecule has 8 nitrogen and oxygen atoms in total. The quantitative estimate of drug-likeness (QED) is 0.622. The van der Waals surface area contributed by atoms with Crippen molar-refractivity contribution in [3.8, 4) is 23.0 Å². The van der Waals surface area contributed by atoms with E-state index in [1.807, 2.05) is 6.92 Å². The molecule has 0 heterocycles. The normalized spacial score (nSPS) is 11.2. The average molecular weight is 363 g/mol. The van der Waals surface area contributed by atoms with Gasteiger partial charge in [0, 0.05) is 17.7 Å². The molecule has 0 atom stereocenters. The summed E-state index contributed by atoms with van der Waals surface area (Å²) in [6.07, 6.45) is 0.579. The van der Waals surface area contributed by atoms with Crippen LogP contribution in [0.2, 0.25) is 0 Å². The zero-order valence-corrected chi connectivity index (χ0v) is 15.5. The lowest BCUT2D eigenvalue weighted by Gasteiger charge is -2.22. The van der Waals surface area contributed by atoms with Crippen LogP contribution in [-0.2, 0) is 26.6 Å². The van der Waals surface area contributed by atoms with E-state index in [2.05, 4.69) is 0 Å². The summed E-state index contributed by atoms with van der Waals surface area (Å²) in [5.74, 6) is 0.625. The highest BCUT2D eigenvalue weighted by atomic mass is 32.2. The summed E-state index contributed by atoms with van der Waals surface area (Å²) in [6, 6.07) is 0. The number of hydrogen-bond acceptors (Lipinski definition) is 8. The van der Waals surface area contributed by atoms with Crippen molar-refractivity contribution in [2.24, 2.45) is 5.73 Å². The van der Waals surface area contributed by atoms with Crippen LogP contribution < -0.4 is 24.7 Å². The van der Waals surface area contributed by atoms with E-state index in [0.29, 0.717) is 23.3 Å². The molecule has 0 spiro atoms. The van der Waals surface area contributed by atoms with E-state index in [0.717, 1.165) is 0 Å². The van der Waals surface area contributed by atoms with Gasteiger partial charge in [-0.1, -0.05) is 6.92 Å². The lowest BCUT2D eigenvalue weighted by molar-refractivity contribution is 0.300. The van der Waals surface area contributed by atoms with Crippen molar-refractivity contribution in [2.75, 3.05) is 35.0 Å². The number of hydrogen-bond donors (Lipinski definition) is 1. The SMILES string of the molecule is CCCOS(=O)(=O)Cc1c(CN)c(OC)c(OC)c(OC)c1OC. The van der Waals surface area contributed by atoms with Crippen molar-refractivity contribution in [1.29, 1.82) is 0 Å². The van der Waals surface area contributed by atoms with E-state index in [9.17, 15) is 8.42 Å². The standard InChI is InChI=1S/C15H25NO7S/c1-6-7-23-24(17,18)9-11-10(8-16)12(19-2)14(21-4)15(22-5)13(11)20-3/h6-9,16H2,1-5H3. The van der Waals surface area contributed by atoms with Gasteiger partial charge in [0.1, 0.15) is 5.75 Å². The van der Waals surface area contributed by atoms with Gasteiger partial charge in [0.05, 0.1) is 35.0 Å². The number of benzene rings is 1. The maximum Gasteiger partial charge on any atom is 0.271 e. The minimum atomic E-state index is -3.82. The fourth-order valence-electron chi connectivity index (χ4n) is 2.35. The molecule has 1 rings (SSSR count). The maximum absolute atomic E-state index is 12.2. The van der Waals surface area contributed by atoms with Crippen LogP contribution >= 0.6 is 0 Å². The molecule has 0 saturated carbocycles. The summed E-state index contributed by atoms with van der Waals surface area (Å²) in [6.45, 7) is 1.95. The first-order valence-corrected chi connectivity index (χ1v) is 8.93. The van der Waals surface area contributed by atoms with Gasteiger partial charge in [0.25, 0.3) is 10.1 Å². The first kappa shape index (κ1) is 20.3. The largest absolute Gasteiger partial charge is 0.492 e. The molecule has 9 heteroatoms. The van der Waals surface area contributed by atoms with Gasteiger partial charge < -0.3 is 24.7 Å². The lowest BCUT2D eigenvalue weighted by atomic mass is 10.0. The molecule has 0 fully saturated rings. The fourth-order valence-corrected chi connectivity index (χ4v) is 3.52. The van der Waals surface area contributed by atoms with Gasteiger partial charge in [0.15, 0.2) is 11.5 Å². The smallest absolute Gasteiger partial charge is 0.271 e. The van der Waals surface area contributed by atoms with Crippen LogP contribution in [0.25, 0.3) is 0 Å². The van der Waals surface area contributed by atoms with Gasteiger partial charge >= 0.3 is 0 Å². The lowest BCUT2D eigenvalue weighted by Crippen LogP contribution is -2.15. The van der Waals surface area contributed by atoms with Crippen LogP contribution in [0.15, 0.2) is 0 Å². The third kappa shape index (κ3) is 4.22. The summed E-state index contributed by atoms with van der Waals surface area (Å²) in [5, 5.41) is 0. The van der Waals surface area contributed by atoms with E-state index < -0.39 is 15.9 Å². The molecular weight excluding hydrogens is 338 g/mol. The molecular formula is C15H25NO7S. The summed E-state index contributed by atoms with van der Waals surface area (Å²) in [4.78, 5) is 0. The predicted molar refractivity (Wildman–Crippen MR) is 89.4 cm³/mol. The van der Waals surface area contributed by atoms with E-state index in [1.54, 1.807) is 0 Å². The second-order valence-electron chi connectivity index (χ2n) is 4.82. The first-order chi connectivity index (χ1) is 11.4. The third-order valence-electron chi connectivity index (χ3n) is 3.34. The zero-order chi connectivity index (χ0) is 18.3. The van der Waals surface area contributed by atoms with E-state index >= 15 is 0 Å². The van der Waals surface area contributed by atoms with Gasteiger partial charge in [-0.05, 0) is 6.42 Å². The Morgan fingerprint density at radius 3 is 1.67 bits per heavy atom. The van der Waals surface area contributed by atoms with E-state index in [4.69, 9.17) is 28.9 Å². The van der Waals surface area contributed by atoms with Crippen LogP contribution in [0.4, 0.5) is 0 Å². The Balaban J connectivity index is 3.62. The minimum Gasteiger partial charge on any atom is -0.492 e. The van der Waals surface area contributed by atoms with Crippen molar-refractivity contribution in [2.45, 2.75) is 25.6 Å². The van der Waals surface area contributed by atoms with Gasteiger partial charge in [-0.15, -0.1) is 0 Å². The Kier molecular flexibility index (Phi) is 7.59. The highest BCUT2D eigenvalue weighted by Gasteiger charge is 2.29. The number of ether oxygens (including phenoxy) is 4. The van der Waals surface area contributed by atoms with Crippen molar-refractivity contribution in [3.63, 3.8) is 0 Å². The monoisotopic (exact) mass is 363 g/mol. The molecule has 0 amide bonds. The maximum atomic E-state index is 12.2. The fraction of sp³-hybridized carbons (Fsp3) is 0.600. The van der Waals surface area contributed by atoms with Crippen molar-refractivity contribution in [1.82, 2.24) is 0 Å². The molecule has 0 radical (unpaired) electrons. The minimum absolute atomic E-state index is 0.0263. The summed E-state index contributed by atoms with van der Waals surface area (Å²) < 4.78 is 50.8. The average Bonchev–Trinajstić information content (AvgIpc) is 2.57. The topological polar surface area (TPSA) is 106 Å². The second-order valence-corrected chi connectivity index (χ2v) is 6.46. The van der Waals surface area contributed by atoms with Crippen LogP contribution in [-0.4, -0.2) is 43.5 Å². The Morgan fingerprint density at radius 2 is 1.29 bits per heavy atom. The van der Waals surface area contributed by atoms with Crippen LogP contribution in [0.5, 0.6) is 23.0 Å². The molecule has 0 aliphatic rings. The number of nitrogens with two attached hydrogens (primary N) is 1. The molecule has 0 aromatic heterocycles. The molecule has 1 aromatic carbocycles. The van der Waals surface area contributed by atoms with Gasteiger partial charge in [0.2, 0.25) is 11.5 Å². The predicted octanol–water partition coefficient (Wildman–Crippen LogP) is 1.44. The van der Waals surface area contributed by atoms with Crippen molar-refractivity contribution < 1.29 is 31.5 Å². The molecule has 0 aliphatic carbocycles. The number of methoxy groups -OCH3 is 4. The van der Waals surface area contributed by atoms with Crippen molar-refractivity contribution in [3.05, 3.63) is 11.1 Å². The first-order valence-electron chi connectivity index (χ1n) is 7.35. The summed E-state index contributed by atoms with van der Waals surface area (Å²) in [7, 11) is 1.90. The van der Waals surface area contributed by atoms with Gasteiger partial charge in [-0.2, -0.15) is 8.42 Å².